The number of aryl methyl sites for hydroxylation is 1. The topological polar surface area (TPSA) is 70.7 Å². The summed E-state index contributed by atoms with van der Waals surface area (Å²) in [7, 11) is 1.55. The van der Waals surface area contributed by atoms with Crippen molar-refractivity contribution in [2.75, 3.05) is 23.9 Å². The Labute approximate surface area is 165 Å². The van der Waals surface area contributed by atoms with Crippen molar-refractivity contribution in [1.29, 1.82) is 0 Å². The van der Waals surface area contributed by atoms with Gasteiger partial charge in [0.05, 0.1) is 12.8 Å². The number of carbonyl (C=O) groups is 2. The summed E-state index contributed by atoms with van der Waals surface area (Å²) in [6.45, 7) is 6.43. The fraction of sp³-hybridized carbons (Fsp3) is 0.364. The average molecular weight is 381 g/mol. The van der Waals surface area contributed by atoms with Crippen molar-refractivity contribution in [2.45, 2.75) is 33.2 Å². The van der Waals surface area contributed by atoms with E-state index in [9.17, 15) is 9.59 Å². The molecule has 1 aliphatic heterocycles. The van der Waals surface area contributed by atoms with Gasteiger partial charge in [-0.05, 0) is 48.6 Å². The van der Waals surface area contributed by atoms with Gasteiger partial charge in [0.15, 0.2) is 0 Å². The van der Waals surface area contributed by atoms with Crippen LogP contribution in [-0.2, 0) is 11.2 Å². The van der Waals surface area contributed by atoms with E-state index in [0.29, 0.717) is 18.0 Å². The van der Waals surface area contributed by atoms with Crippen LogP contribution in [0.15, 0.2) is 42.5 Å². The summed E-state index contributed by atoms with van der Waals surface area (Å²) in [6.07, 6.45) is 0.833. The predicted molar refractivity (Wildman–Crippen MR) is 111 cm³/mol. The van der Waals surface area contributed by atoms with Crippen molar-refractivity contribution in [3.8, 4) is 5.75 Å². The smallest absolute Gasteiger partial charge is 0.320 e. The highest BCUT2D eigenvalue weighted by atomic mass is 16.5. The molecule has 28 heavy (non-hydrogen) atoms. The molecule has 0 bridgehead atoms. The number of urea groups is 1. The molecule has 0 unspecified atom stereocenters. The molecule has 0 saturated carbocycles. The lowest BCUT2D eigenvalue weighted by molar-refractivity contribution is -0.121. The van der Waals surface area contributed by atoms with Crippen LogP contribution >= 0.6 is 0 Å². The Morgan fingerprint density at radius 1 is 1.14 bits per heavy atom. The van der Waals surface area contributed by atoms with Gasteiger partial charge in [0.2, 0.25) is 5.91 Å². The molecule has 1 aliphatic rings. The maximum absolute atomic E-state index is 13.2. The Balaban J connectivity index is 1.74. The van der Waals surface area contributed by atoms with E-state index in [4.69, 9.17) is 4.74 Å². The van der Waals surface area contributed by atoms with Crippen molar-refractivity contribution in [3.63, 3.8) is 0 Å². The van der Waals surface area contributed by atoms with Gasteiger partial charge in [-0.1, -0.05) is 38.1 Å². The quantitative estimate of drug-likeness (QED) is 0.829. The van der Waals surface area contributed by atoms with Crippen LogP contribution in [0.25, 0.3) is 0 Å². The first-order valence-electron chi connectivity index (χ1n) is 9.52. The molecule has 3 amide bonds. The van der Waals surface area contributed by atoms with Gasteiger partial charge in [0.25, 0.3) is 0 Å². The van der Waals surface area contributed by atoms with Crippen LogP contribution in [-0.4, -0.2) is 31.6 Å². The molecule has 148 valence electrons. The number of carbonyl (C=O) groups excluding carboxylic acids is 2. The van der Waals surface area contributed by atoms with Crippen LogP contribution in [0.2, 0.25) is 0 Å². The van der Waals surface area contributed by atoms with E-state index < -0.39 is 12.1 Å². The summed E-state index contributed by atoms with van der Waals surface area (Å²) in [6, 6.07) is 12.4. The van der Waals surface area contributed by atoms with Crippen LogP contribution in [0, 0.1) is 12.8 Å². The zero-order valence-electron chi connectivity index (χ0n) is 16.8. The van der Waals surface area contributed by atoms with E-state index in [1.807, 2.05) is 57.2 Å². The SMILES string of the molecule is COc1ccc(C)cc1NC(=O)N[C@@H](C(=O)N1CCc2ccccc21)C(C)C. The Bertz CT molecular complexity index is 879. The summed E-state index contributed by atoms with van der Waals surface area (Å²) >= 11 is 0. The van der Waals surface area contributed by atoms with Gasteiger partial charge in [-0.2, -0.15) is 0 Å². The number of nitrogens with one attached hydrogen (secondary N) is 2. The lowest BCUT2D eigenvalue weighted by atomic mass is 10.0. The number of para-hydroxylation sites is 1. The number of amides is 3. The highest BCUT2D eigenvalue weighted by molar-refractivity contribution is 6.02. The Morgan fingerprint density at radius 2 is 1.89 bits per heavy atom. The third-order valence-electron chi connectivity index (χ3n) is 4.98. The number of rotatable bonds is 5. The second-order valence-corrected chi connectivity index (χ2v) is 7.39. The summed E-state index contributed by atoms with van der Waals surface area (Å²) in [5, 5.41) is 5.65. The van der Waals surface area contributed by atoms with E-state index in [2.05, 4.69) is 10.6 Å². The monoisotopic (exact) mass is 381 g/mol. The molecule has 2 aromatic carbocycles. The molecule has 1 atom stereocenters. The molecule has 6 heteroatoms. The van der Waals surface area contributed by atoms with E-state index in [-0.39, 0.29) is 11.8 Å². The highest BCUT2D eigenvalue weighted by Gasteiger charge is 2.32. The number of anilines is 2. The first-order chi connectivity index (χ1) is 13.4. The molecule has 0 saturated heterocycles. The molecule has 1 heterocycles. The lowest BCUT2D eigenvalue weighted by Crippen LogP contribution is -2.52. The van der Waals surface area contributed by atoms with E-state index in [0.717, 1.165) is 23.2 Å². The van der Waals surface area contributed by atoms with Gasteiger partial charge in [-0.3, -0.25) is 4.79 Å². The number of methoxy groups -OCH3 is 1. The highest BCUT2D eigenvalue weighted by Crippen LogP contribution is 2.29. The van der Waals surface area contributed by atoms with Gasteiger partial charge in [-0.15, -0.1) is 0 Å². The average Bonchev–Trinajstić information content (AvgIpc) is 3.10. The first-order valence-corrected chi connectivity index (χ1v) is 9.52. The van der Waals surface area contributed by atoms with Crippen molar-refractivity contribution in [3.05, 3.63) is 53.6 Å². The van der Waals surface area contributed by atoms with Crippen molar-refractivity contribution in [2.24, 2.45) is 5.92 Å². The molecule has 6 nitrogen and oxygen atoms in total. The normalized spacial score (nSPS) is 13.8. The van der Waals surface area contributed by atoms with Crippen LogP contribution in [0.3, 0.4) is 0 Å². The summed E-state index contributed by atoms with van der Waals surface area (Å²) in [5.41, 5.74) is 3.66. The number of nitrogens with zero attached hydrogens (tertiary/aromatic N) is 1. The number of fused-ring (bicyclic) bond motifs is 1. The summed E-state index contributed by atoms with van der Waals surface area (Å²) in [4.78, 5) is 27.6. The molecule has 2 aromatic rings. The second kappa shape index (κ2) is 8.33. The third kappa shape index (κ3) is 4.11. The predicted octanol–water partition coefficient (Wildman–Crippen LogP) is 3.74. The third-order valence-corrected chi connectivity index (χ3v) is 4.98. The minimum Gasteiger partial charge on any atom is -0.495 e. The minimum absolute atomic E-state index is 0.0505. The number of benzene rings is 2. The fourth-order valence-corrected chi connectivity index (χ4v) is 3.47. The van der Waals surface area contributed by atoms with Crippen molar-refractivity contribution < 1.29 is 14.3 Å². The molecule has 0 spiro atoms. The van der Waals surface area contributed by atoms with Gasteiger partial charge in [0, 0.05) is 12.2 Å². The van der Waals surface area contributed by atoms with Crippen molar-refractivity contribution >= 4 is 23.3 Å². The molecule has 2 N–H and O–H groups in total. The number of hydrogen-bond acceptors (Lipinski definition) is 3. The minimum atomic E-state index is -0.623. The van der Waals surface area contributed by atoms with E-state index in [1.165, 1.54) is 0 Å². The maximum Gasteiger partial charge on any atom is 0.320 e. The van der Waals surface area contributed by atoms with Crippen LogP contribution in [0.1, 0.15) is 25.0 Å². The fourth-order valence-electron chi connectivity index (χ4n) is 3.47. The standard InChI is InChI=1S/C22H27N3O3/c1-14(2)20(21(26)25-12-11-16-7-5-6-8-18(16)25)24-22(27)23-17-13-15(3)9-10-19(17)28-4/h5-10,13-14,20H,11-12H2,1-4H3,(H2,23,24,27)/t20-/m1/s1. The zero-order valence-corrected chi connectivity index (χ0v) is 16.8. The Kier molecular flexibility index (Phi) is 5.87. The number of hydrogen-bond donors (Lipinski definition) is 2. The first kappa shape index (κ1) is 19.7. The van der Waals surface area contributed by atoms with Crippen LogP contribution in [0.4, 0.5) is 16.2 Å². The summed E-state index contributed by atoms with van der Waals surface area (Å²) in [5.74, 6) is 0.429. The Hall–Kier alpha value is -3.02. The van der Waals surface area contributed by atoms with Crippen LogP contribution in [0.5, 0.6) is 5.75 Å². The largest absolute Gasteiger partial charge is 0.495 e. The number of ether oxygens (including phenoxy) is 1. The Morgan fingerprint density at radius 3 is 2.61 bits per heavy atom. The molecular weight excluding hydrogens is 354 g/mol. The van der Waals surface area contributed by atoms with Gasteiger partial charge in [0.1, 0.15) is 11.8 Å². The molecule has 3 rings (SSSR count). The van der Waals surface area contributed by atoms with Gasteiger partial charge >= 0.3 is 6.03 Å². The molecular formula is C22H27N3O3. The van der Waals surface area contributed by atoms with Gasteiger partial charge < -0.3 is 20.3 Å². The summed E-state index contributed by atoms with van der Waals surface area (Å²) < 4.78 is 5.30. The van der Waals surface area contributed by atoms with E-state index >= 15 is 0 Å². The van der Waals surface area contributed by atoms with Crippen molar-refractivity contribution in [1.82, 2.24) is 5.32 Å². The van der Waals surface area contributed by atoms with E-state index in [1.54, 1.807) is 18.1 Å². The lowest BCUT2D eigenvalue weighted by Gasteiger charge is -2.27. The molecule has 0 radical (unpaired) electrons. The maximum atomic E-state index is 13.2. The van der Waals surface area contributed by atoms with Gasteiger partial charge in [-0.25, -0.2) is 4.79 Å². The second-order valence-electron chi connectivity index (χ2n) is 7.39. The molecule has 0 aromatic heterocycles. The molecule has 0 aliphatic carbocycles. The zero-order chi connectivity index (χ0) is 20.3. The molecule has 0 fully saturated rings. The van der Waals surface area contributed by atoms with Crippen LogP contribution < -0.4 is 20.3 Å².